The first-order chi connectivity index (χ1) is 16.6. The number of benzene rings is 1. The number of nitrogens with zero attached hydrogens (tertiary/aromatic N) is 7. The average molecular weight is 461 g/mol. The Kier molecular flexibility index (Phi) is 6.55. The third-order valence-corrected chi connectivity index (χ3v) is 6.21. The van der Waals surface area contributed by atoms with E-state index in [9.17, 15) is 0 Å². The van der Waals surface area contributed by atoms with Gasteiger partial charge in [0.25, 0.3) is 0 Å². The van der Waals surface area contributed by atoms with Gasteiger partial charge in [-0.1, -0.05) is 25.5 Å². The summed E-state index contributed by atoms with van der Waals surface area (Å²) < 4.78 is 7.53. The molecule has 34 heavy (non-hydrogen) atoms. The van der Waals surface area contributed by atoms with Crippen LogP contribution >= 0.6 is 0 Å². The van der Waals surface area contributed by atoms with Gasteiger partial charge in [-0.15, -0.1) is 0 Å². The number of nitrogens with one attached hydrogen (secondary N) is 1. The maximum absolute atomic E-state index is 5.55. The number of aromatic nitrogens is 6. The van der Waals surface area contributed by atoms with Crippen LogP contribution in [0.5, 0.6) is 0 Å². The molecular formula is C25H32N8O. The molecule has 178 valence electrons. The van der Waals surface area contributed by atoms with Gasteiger partial charge in [0, 0.05) is 48.5 Å². The largest absolute Gasteiger partial charge is 0.378 e. The van der Waals surface area contributed by atoms with Crippen LogP contribution < -0.4 is 4.90 Å². The van der Waals surface area contributed by atoms with Crippen LogP contribution in [0, 0.1) is 6.92 Å². The summed E-state index contributed by atoms with van der Waals surface area (Å²) in [5, 5.41) is 1.09. The van der Waals surface area contributed by atoms with E-state index < -0.39 is 0 Å². The Morgan fingerprint density at radius 2 is 1.88 bits per heavy atom. The minimum Gasteiger partial charge on any atom is -0.378 e. The number of morpholine rings is 1. The molecule has 0 amide bonds. The summed E-state index contributed by atoms with van der Waals surface area (Å²) in [6.07, 6.45) is 6.36. The summed E-state index contributed by atoms with van der Waals surface area (Å²) in [4.78, 5) is 27.2. The Morgan fingerprint density at radius 1 is 1.06 bits per heavy atom. The van der Waals surface area contributed by atoms with Crippen molar-refractivity contribution in [2.75, 3.05) is 44.8 Å². The number of hydrogen-bond donors (Lipinski definition) is 1. The number of aromatic amines is 1. The number of rotatable bonds is 8. The van der Waals surface area contributed by atoms with Crippen molar-refractivity contribution in [2.24, 2.45) is 0 Å². The molecular weight excluding hydrogens is 428 g/mol. The summed E-state index contributed by atoms with van der Waals surface area (Å²) in [5.74, 6) is 2.78. The van der Waals surface area contributed by atoms with Crippen molar-refractivity contribution in [1.82, 2.24) is 34.4 Å². The zero-order chi connectivity index (χ0) is 23.5. The minimum absolute atomic E-state index is 0.589. The maximum Gasteiger partial charge on any atom is 0.240 e. The summed E-state index contributed by atoms with van der Waals surface area (Å²) in [6.45, 7) is 8.92. The van der Waals surface area contributed by atoms with Gasteiger partial charge < -0.3 is 19.5 Å². The average Bonchev–Trinajstić information content (AvgIpc) is 3.49. The molecule has 1 N–H and O–H groups in total. The number of aryl methyl sites for hydroxylation is 1. The summed E-state index contributed by atoms with van der Waals surface area (Å²) in [5.41, 5.74) is 3.05. The van der Waals surface area contributed by atoms with Crippen molar-refractivity contribution in [3.63, 3.8) is 0 Å². The van der Waals surface area contributed by atoms with E-state index in [2.05, 4.69) is 53.2 Å². The summed E-state index contributed by atoms with van der Waals surface area (Å²) >= 11 is 0. The number of anilines is 1. The minimum atomic E-state index is 0.589. The van der Waals surface area contributed by atoms with Gasteiger partial charge >= 0.3 is 0 Å². The smallest absolute Gasteiger partial charge is 0.240 e. The predicted octanol–water partition coefficient (Wildman–Crippen LogP) is 3.58. The van der Waals surface area contributed by atoms with Crippen molar-refractivity contribution >= 4 is 16.9 Å². The van der Waals surface area contributed by atoms with Gasteiger partial charge in [0.05, 0.1) is 18.9 Å². The third kappa shape index (κ3) is 4.67. The highest BCUT2D eigenvalue weighted by atomic mass is 16.5. The van der Waals surface area contributed by atoms with Gasteiger partial charge in [0.15, 0.2) is 5.82 Å². The molecule has 0 atom stereocenters. The monoisotopic (exact) mass is 460 g/mol. The van der Waals surface area contributed by atoms with Crippen LogP contribution in [-0.4, -0.2) is 74.3 Å². The fourth-order valence-corrected chi connectivity index (χ4v) is 4.36. The number of imidazole rings is 1. The molecule has 4 heterocycles. The molecule has 9 heteroatoms. The van der Waals surface area contributed by atoms with Crippen molar-refractivity contribution in [2.45, 2.75) is 33.2 Å². The number of hydrogen-bond acceptors (Lipinski definition) is 7. The fourth-order valence-electron chi connectivity index (χ4n) is 4.36. The quantitative estimate of drug-likeness (QED) is 0.430. The fraction of sp³-hybridized carbons (Fsp3) is 0.440. The molecule has 3 aromatic heterocycles. The highest BCUT2D eigenvalue weighted by Gasteiger charge is 2.20. The van der Waals surface area contributed by atoms with E-state index in [0.29, 0.717) is 30.9 Å². The van der Waals surface area contributed by atoms with Crippen LogP contribution in [0.15, 0.2) is 36.7 Å². The molecule has 0 unspecified atom stereocenters. The molecule has 0 bridgehead atoms. The van der Waals surface area contributed by atoms with Crippen molar-refractivity contribution in [3.8, 4) is 17.3 Å². The Balaban J connectivity index is 1.56. The van der Waals surface area contributed by atoms with Gasteiger partial charge in [-0.3, -0.25) is 4.57 Å². The molecule has 5 rings (SSSR count). The first kappa shape index (κ1) is 22.5. The normalized spacial score (nSPS) is 14.4. The van der Waals surface area contributed by atoms with Crippen molar-refractivity contribution in [1.29, 1.82) is 0 Å². The SMILES string of the molecule is CCCCN(C)Cc1cn(-c2nc(-c3cccc4[nH]ccc34)nc(N3CCOCC3)n2)c(C)n1. The number of H-pyrrole nitrogens is 1. The number of unbranched alkanes of at least 4 members (excludes halogenated alkanes) is 1. The highest BCUT2D eigenvalue weighted by Crippen LogP contribution is 2.27. The molecule has 1 fully saturated rings. The zero-order valence-electron chi connectivity index (χ0n) is 20.2. The molecule has 1 aromatic carbocycles. The first-order valence-electron chi connectivity index (χ1n) is 12.0. The van der Waals surface area contributed by atoms with E-state index in [1.165, 1.54) is 12.8 Å². The van der Waals surface area contributed by atoms with E-state index >= 15 is 0 Å². The topological polar surface area (TPSA) is 88.0 Å². The Bertz CT molecular complexity index is 1260. The Morgan fingerprint density at radius 3 is 2.71 bits per heavy atom. The first-order valence-corrected chi connectivity index (χ1v) is 12.0. The highest BCUT2D eigenvalue weighted by molar-refractivity contribution is 5.93. The number of fused-ring (bicyclic) bond motifs is 1. The molecule has 9 nitrogen and oxygen atoms in total. The molecule has 0 spiro atoms. The predicted molar refractivity (Wildman–Crippen MR) is 133 cm³/mol. The number of ether oxygens (including phenoxy) is 1. The summed E-state index contributed by atoms with van der Waals surface area (Å²) in [7, 11) is 2.14. The van der Waals surface area contributed by atoms with Gasteiger partial charge in [0.2, 0.25) is 11.9 Å². The van der Waals surface area contributed by atoms with Crippen molar-refractivity contribution in [3.05, 3.63) is 48.2 Å². The lowest BCUT2D eigenvalue weighted by molar-refractivity contribution is 0.122. The van der Waals surface area contributed by atoms with Crippen LogP contribution in [0.1, 0.15) is 31.3 Å². The Labute approximate surface area is 199 Å². The van der Waals surface area contributed by atoms with E-state index in [1.54, 1.807) is 0 Å². The van der Waals surface area contributed by atoms with E-state index in [-0.39, 0.29) is 0 Å². The standard InChI is InChI=1S/C25H32N8O/c1-4-5-11-31(3)16-19-17-33(18(2)27-19)25-29-23(21-7-6-8-22-20(21)9-10-26-22)28-24(30-25)32-12-14-34-15-13-32/h6-10,17,26H,4-5,11-16H2,1-3H3. The lowest BCUT2D eigenvalue weighted by atomic mass is 10.1. The second-order valence-electron chi connectivity index (χ2n) is 8.84. The van der Waals surface area contributed by atoms with Crippen LogP contribution in [-0.2, 0) is 11.3 Å². The van der Waals surface area contributed by atoms with Crippen LogP contribution in [0.25, 0.3) is 28.2 Å². The molecule has 1 aliphatic heterocycles. The van der Waals surface area contributed by atoms with E-state index in [1.807, 2.05) is 23.8 Å². The molecule has 4 aromatic rings. The van der Waals surface area contributed by atoms with Crippen LogP contribution in [0.3, 0.4) is 0 Å². The second-order valence-corrected chi connectivity index (χ2v) is 8.84. The van der Waals surface area contributed by atoms with Gasteiger partial charge in [-0.2, -0.15) is 15.0 Å². The third-order valence-electron chi connectivity index (χ3n) is 6.21. The summed E-state index contributed by atoms with van der Waals surface area (Å²) in [6, 6.07) is 8.21. The lowest BCUT2D eigenvalue weighted by Gasteiger charge is -2.27. The molecule has 1 saturated heterocycles. The zero-order valence-corrected chi connectivity index (χ0v) is 20.2. The second kappa shape index (κ2) is 9.90. The maximum atomic E-state index is 5.55. The Hall–Kier alpha value is -3.30. The molecule has 0 aliphatic carbocycles. The molecule has 1 aliphatic rings. The van der Waals surface area contributed by atoms with Gasteiger partial charge in [-0.25, -0.2) is 4.98 Å². The van der Waals surface area contributed by atoms with E-state index in [4.69, 9.17) is 24.7 Å². The molecule has 0 radical (unpaired) electrons. The lowest BCUT2D eigenvalue weighted by Crippen LogP contribution is -2.37. The van der Waals surface area contributed by atoms with Crippen molar-refractivity contribution < 1.29 is 4.74 Å². The van der Waals surface area contributed by atoms with Crippen LogP contribution in [0.4, 0.5) is 5.95 Å². The van der Waals surface area contributed by atoms with Gasteiger partial charge in [0.1, 0.15) is 5.82 Å². The van der Waals surface area contributed by atoms with E-state index in [0.717, 1.165) is 54.2 Å². The van der Waals surface area contributed by atoms with Gasteiger partial charge in [-0.05, 0) is 39.1 Å². The van der Waals surface area contributed by atoms with Crippen LogP contribution in [0.2, 0.25) is 0 Å². The molecule has 0 saturated carbocycles.